The first-order chi connectivity index (χ1) is 7.20. The van der Waals surface area contributed by atoms with Gasteiger partial charge in [0.05, 0.1) is 23.2 Å². The Hall–Kier alpha value is -1.03. The minimum Gasteiger partial charge on any atom is -0.489 e. The van der Waals surface area contributed by atoms with Gasteiger partial charge in [-0.2, -0.15) is 0 Å². The average molecular weight is 271 g/mol. The van der Waals surface area contributed by atoms with Crippen molar-refractivity contribution in [3.63, 3.8) is 0 Å². The molecule has 0 saturated heterocycles. The largest absolute Gasteiger partial charge is 0.489 e. The van der Waals surface area contributed by atoms with Crippen LogP contribution in [0.25, 0.3) is 0 Å². The molecule has 0 saturated carbocycles. The zero-order chi connectivity index (χ0) is 10.8. The number of rotatable bonds is 1. The molecule has 0 N–H and O–H groups in total. The summed E-state index contributed by atoms with van der Waals surface area (Å²) in [5.74, 6) is 1.19. The van der Waals surface area contributed by atoms with E-state index in [0.29, 0.717) is 30.3 Å². The first-order valence-corrected chi connectivity index (χ1v) is 5.58. The molecule has 1 heterocycles. The summed E-state index contributed by atoms with van der Waals surface area (Å²) in [6.07, 6.45) is 0.832. The average Bonchev–Trinajstić information content (AvgIpc) is 2.43. The molecule has 4 heteroatoms. The Morgan fingerprint density at radius 3 is 2.60 bits per heavy atom. The van der Waals surface area contributed by atoms with Crippen molar-refractivity contribution in [1.29, 1.82) is 0 Å². The zero-order valence-corrected chi connectivity index (χ0v) is 9.96. The number of carbonyl (C=O) groups excluding carboxylic acids is 1. The molecule has 0 aromatic heterocycles. The van der Waals surface area contributed by atoms with E-state index in [9.17, 15) is 4.79 Å². The van der Waals surface area contributed by atoms with Crippen LogP contribution < -0.4 is 9.47 Å². The van der Waals surface area contributed by atoms with Crippen molar-refractivity contribution < 1.29 is 14.3 Å². The van der Waals surface area contributed by atoms with E-state index in [1.807, 2.05) is 6.07 Å². The van der Waals surface area contributed by atoms with Gasteiger partial charge in [0.1, 0.15) is 0 Å². The minimum atomic E-state index is -0.00995. The summed E-state index contributed by atoms with van der Waals surface area (Å²) in [7, 11) is 0. The third-order valence-corrected chi connectivity index (χ3v) is 2.85. The van der Waals surface area contributed by atoms with Crippen LogP contribution >= 0.6 is 15.9 Å². The minimum absolute atomic E-state index is 0.00995. The number of hydrogen-bond acceptors (Lipinski definition) is 3. The molecule has 0 atom stereocenters. The van der Waals surface area contributed by atoms with Gasteiger partial charge in [-0.3, -0.25) is 4.79 Å². The van der Waals surface area contributed by atoms with E-state index in [-0.39, 0.29) is 5.78 Å². The highest BCUT2D eigenvalue weighted by atomic mass is 79.9. The van der Waals surface area contributed by atoms with E-state index in [2.05, 4.69) is 15.9 Å². The highest BCUT2D eigenvalue weighted by Gasteiger charge is 2.19. The number of benzene rings is 1. The van der Waals surface area contributed by atoms with Crippen LogP contribution in [0.2, 0.25) is 0 Å². The first-order valence-electron chi connectivity index (χ1n) is 4.79. The van der Waals surface area contributed by atoms with E-state index < -0.39 is 0 Å². The molecule has 80 valence electrons. The van der Waals surface area contributed by atoms with Crippen molar-refractivity contribution in [2.75, 3.05) is 13.2 Å². The van der Waals surface area contributed by atoms with Crippen LogP contribution in [0.1, 0.15) is 23.7 Å². The fourth-order valence-electron chi connectivity index (χ4n) is 1.50. The molecule has 2 rings (SSSR count). The van der Waals surface area contributed by atoms with Crippen molar-refractivity contribution in [3.8, 4) is 11.5 Å². The number of Topliss-reactive ketones (excluding diaryl/α,β-unsaturated/α-hetero) is 1. The van der Waals surface area contributed by atoms with Crippen LogP contribution in [-0.2, 0) is 0 Å². The SMILES string of the molecule is CC(=O)c1ccc(Br)c2c1OCCCO2. The predicted molar refractivity (Wildman–Crippen MR) is 59.8 cm³/mol. The smallest absolute Gasteiger partial charge is 0.176 e. The summed E-state index contributed by atoms with van der Waals surface area (Å²) in [5, 5.41) is 0. The first kappa shape index (κ1) is 10.5. The maximum Gasteiger partial charge on any atom is 0.176 e. The molecule has 0 aliphatic carbocycles. The van der Waals surface area contributed by atoms with Gasteiger partial charge >= 0.3 is 0 Å². The zero-order valence-electron chi connectivity index (χ0n) is 8.38. The molecule has 0 radical (unpaired) electrons. The standard InChI is InChI=1S/C11H11BrO3/c1-7(13)8-3-4-9(12)11-10(8)14-5-2-6-15-11/h3-4H,2,5-6H2,1H3. The number of hydrogen-bond donors (Lipinski definition) is 0. The summed E-state index contributed by atoms with van der Waals surface area (Å²) in [6.45, 7) is 2.73. The summed E-state index contributed by atoms with van der Waals surface area (Å²) >= 11 is 3.38. The van der Waals surface area contributed by atoms with Crippen LogP contribution in [0.5, 0.6) is 11.5 Å². The topological polar surface area (TPSA) is 35.5 Å². The van der Waals surface area contributed by atoms with Gasteiger partial charge in [0, 0.05) is 6.42 Å². The monoisotopic (exact) mass is 270 g/mol. The number of halogens is 1. The molecule has 1 aromatic carbocycles. The van der Waals surface area contributed by atoms with Crippen LogP contribution in [0.4, 0.5) is 0 Å². The molecule has 0 spiro atoms. The van der Waals surface area contributed by atoms with Gasteiger partial charge in [0.15, 0.2) is 17.3 Å². The van der Waals surface area contributed by atoms with Crippen LogP contribution in [0.3, 0.4) is 0 Å². The van der Waals surface area contributed by atoms with E-state index in [1.165, 1.54) is 6.92 Å². The number of carbonyl (C=O) groups is 1. The number of ether oxygens (including phenoxy) is 2. The van der Waals surface area contributed by atoms with Crippen molar-refractivity contribution >= 4 is 21.7 Å². The third kappa shape index (κ3) is 2.00. The molecule has 0 bridgehead atoms. The maximum atomic E-state index is 11.4. The van der Waals surface area contributed by atoms with Gasteiger partial charge in [0.25, 0.3) is 0 Å². The highest BCUT2D eigenvalue weighted by Crippen LogP contribution is 2.39. The lowest BCUT2D eigenvalue weighted by molar-refractivity contribution is 0.101. The van der Waals surface area contributed by atoms with Gasteiger partial charge in [-0.1, -0.05) is 0 Å². The summed E-state index contributed by atoms with van der Waals surface area (Å²) in [6, 6.07) is 3.56. The Labute approximate surface area is 96.5 Å². The Morgan fingerprint density at radius 1 is 1.27 bits per heavy atom. The fraction of sp³-hybridized carbons (Fsp3) is 0.364. The third-order valence-electron chi connectivity index (χ3n) is 2.22. The maximum absolute atomic E-state index is 11.4. The van der Waals surface area contributed by atoms with Crippen molar-refractivity contribution in [1.82, 2.24) is 0 Å². The van der Waals surface area contributed by atoms with Gasteiger partial charge in [-0.05, 0) is 35.0 Å². The molecule has 0 amide bonds. The van der Waals surface area contributed by atoms with Gasteiger partial charge in [-0.25, -0.2) is 0 Å². The van der Waals surface area contributed by atoms with Gasteiger partial charge < -0.3 is 9.47 Å². The highest BCUT2D eigenvalue weighted by molar-refractivity contribution is 9.10. The lowest BCUT2D eigenvalue weighted by Gasteiger charge is -2.11. The van der Waals surface area contributed by atoms with Crippen LogP contribution in [0, 0.1) is 0 Å². The number of ketones is 1. The second-order valence-corrected chi connectivity index (χ2v) is 4.21. The van der Waals surface area contributed by atoms with Crippen molar-refractivity contribution in [3.05, 3.63) is 22.2 Å². The van der Waals surface area contributed by atoms with E-state index >= 15 is 0 Å². The molecule has 1 aliphatic heterocycles. The molecule has 15 heavy (non-hydrogen) atoms. The molecule has 0 fully saturated rings. The lowest BCUT2D eigenvalue weighted by Crippen LogP contribution is -2.01. The van der Waals surface area contributed by atoms with E-state index in [4.69, 9.17) is 9.47 Å². The Balaban J connectivity index is 2.56. The lowest BCUT2D eigenvalue weighted by atomic mass is 10.1. The summed E-state index contributed by atoms with van der Waals surface area (Å²) in [4.78, 5) is 11.4. The molecular weight excluding hydrogens is 260 g/mol. The Morgan fingerprint density at radius 2 is 1.93 bits per heavy atom. The summed E-state index contributed by atoms with van der Waals surface area (Å²) in [5.41, 5.74) is 0.579. The van der Waals surface area contributed by atoms with E-state index in [0.717, 1.165) is 10.9 Å². The van der Waals surface area contributed by atoms with Crippen LogP contribution in [0.15, 0.2) is 16.6 Å². The fourth-order valence-corrected chi connectivity index (χ4v) is 1.93. The Kier molecular flexibility index (Phi) is 2.95. The van der Waals surface area contributed by atoms with Gasteiger partial charge in [0.2, 0.25) is 0 Å². The molecule has 1 aromatic rings. The van der Waals surface area contributed by atoms with Gasteiger partial charge in [-0.15, -0.1) is 0 Å². The second-order valence-electron chi connectivity index (χ2n) is 3.36. The quantitative estimate of drug-likeness (QED) is 0.737. The van der Waals surface area contributed by atoms with Crippen molar-refractivity contribution in [2.24, 2.45) is 0 Å². The Bertz CT molecular complexity index is 401. The molecule has 3 nitrogen and oxygen atoms in total. The van der Waals surface area contributed by atoms with Crippen LogP contribution in [-0.4, -0.2) is 19.0 Å². The predicted octanol–water partition coefficient (Wildman–Crippen LogP) is 2.81. The normalized spacial score (nSPS) is 14.5. The number of fused-ring (bicyclic) bond motifs is 1. The van der Waals surface area contributed by atoms with E-state index in [1.54, 1.807) is 6.07 Å². The molecule has 1 aliphatic rings. The van der Waals surface area contributed by atoms with Crippen molar-refractivity contribution in [2.45, 2.75) is 13.3 Å². The second kappa shape index (κ2) is 4.23. The molecular formula is C11H11BrO3. The molecule has 0 unspecified atom stereocenters. The summed E-state index contributed by atoms with van der Waals surface area (Å²) < 4.78 is 11.9.